The Morgan fingerprint density at radius 3 is 2.62 bits per heavy atom. The van der Waals surface area contributed by atoms with Crippen molar-refractivity contribution in [1.29, 1.82) is 0 Å². The number of nitrogens with zero attached hydrogens (tertiary/aromatic N) is 1. The van der Waals surface area contributed by atoms with Gasteiger partial charge in [-0.25, -0.2) is 9.18 Å². The van der Waals surface area contributed by atoms with E-state index in [-0.39, 0.29) is 18.1 Å². The third-order valence-corrected chi connectivity index (χ3v) is 5.77. The van der Waals surface area contributed by atoms with Gasteiger partial charge in [0, 0.05) is 24.1 Å². The number of amides is 3. The van der Waals surface area contributed by atoms with E-state index >= 15 is 0 Å². The fraction of sp³-hybridized carbons (Fsp3) is 0.364. The Balaban J connectivity index is 1.60. The number of urea groups is 1. The van der Waals surface area contributed by atoms with Crippen molar-refractivity contribution < 1.29 is 14.0 Å². The minimum absolute atomic E-state index is 0.0783. The van der Waals surface area contributed by atoms with E-state index in [1.54, 1.807) is 11.0 Å². The van der Waals surface area contributed by atoms with E-state index in [4.69, 9.17) is 0 Å². The maximum Gasteiger partial charge on any atom is 0.321 e. The zero-order valence-corrected chi connectivity index (χ0v) is 18.2. The van der Waals surface area contributed by atoms with Crippen molar-refractivity contribution >= 4 is 33.6 Å². The van der Waals surface area contributed by atoms with E-state index in [0.717, 1.165) is 5.56 Å². The van der Waals surface area contributed by atoms with E-state index < -0.39 is 17.3 Å². The summed E-state index contributed by atoms with van der Waals surface area (Å²) in [5.74, 6) is -0.589. The third kappa shape index (κ3) is 5.35. The molecule has 1 atom stereocenters. The Bertz CT molecular complexity index is 903. The van der Waals surface area contributed by atoms with Crippen LogP contribution in [0, 0.1) is 18.2 Å². The average Bonchev–Trinajstić information content (AvgIpc) is 2.69. The molecular formula is C22H25BrFN3O2. The van der Waals surface area contributed by atoms with Crippen molar-refractivity contribution in [3.05, 3.63) is 63.9 Å². The third-order valence-electron chi connectivity index (χ3n) is 5.28. The zero-order chi connectivity index (χ0) is 21.0. The van der Waals surface area contributed by atoms with Crippen LogP contribution in [0.4, 0.5) is 14.9 Å². The number of hydrogen-bond acceptors (Lipinski definition) is 2. The van der Waals surface area contributed by atoms with Gasteiger partial charge in [-0.15, -0.1) is 0 Å². The van der Waals surface area contributed by atoms with Crippen LogP contribution >= 0.6 is 15.9 Å². The molecule has 1 saturated heterocycles. The highest BCUT2D eigenvalue weighted by atomic mass is 79.9. The molecule has 29 heavy (non-hydrogen) atoms. The highest BCUT2D eigenvalue weighted by molar-refractivity contribution is 9.10. The van der Waals surface area contributed by atoms with Gasteiger partial charge in [-0.05, 0) is 50.5 Å². The van der Waals surface area contributed by atoms with E-state index in [2.05, 4.69) is 26.6 Å². The normalized spacial score (nSPS) is 19.0. The number of hydrogen-bond donors (Lipinski definition) is 2. The van der Waals surface area contributed by atoms with Crippen molar-refractivity contribution in [2.75, 3.05) is 18.4 Å². The minimum atomic E-state index is -0.682. The molecule has 1 unspecified atom stereocenters. The molecule has 1 fully saturated rings. The van der Waals surface area contributed by atoms with Crippen molar-refractivity contribution in [2.45, 2.75) is 33.2 Å². The molecule has 154 valence electrons. The highest BCUT2D eigenvalue weighted by Crippen LogP contribution is 2.30. The fourth-order valence-electron chi connectivity index (χ4n) is 3.48. The van der Waals surface area contributed by atoms with Crippen molar-refractivity contribution in [3.8, 4) is 0 Å². The summed E-state index contributed by atoms with van der Waals surface area (Å²) in [5, 5.41) is 5.60. The van der Waals surface area contributed by atoms with Crippen LogP contribution in [0.2, 0.25) is 0 Å². The van der Waals surface area contributed by atoms with Gasteiger partial charge in [-0.1, -0.05) is 45.8 Å². The summed E-state index contributed by atoms with van der Waals surface area (Å²) in [6.07, 6.45) is 1.41. The van der Waals surface area contributed by atoms with Gasteiger partial charge in [0.1, 0.15) is 5.82 Å². The molecule has 0 radical (unpaired) electrons. The zero-order valence-electron chi connectivity index (χ0n) is 16.6. The summed E-state index contributed by atoms with van der Waals surface area (Å²) in [6.45, 7) is 5.16. The first-order valence-corrected chi connectivity index (χ1v) is 10.4. The van der Waals surface area contributed by atoms with Crippen molar-refractivity contribution in [3.63, 3.8) is 0 Å². The predicted molar refractivity (Wildman–Crippen MR) is 115 cm³/mol. The van der Waals surface area contributed by atoms with Gasteiger partial charge >= 0.3 is 6.03 Å². The maximum atomic E-state index is 14.0. The molecule has 7 heteroatoms. The van der Waals surface area contributed by atoms with Crippen molar-refractivity contribution in [2.24, 2.45) is 5.41 Å². The van der Waals surface area contributed by atoms with Gasteiger partial charge in [0.2, 0.25) is 5.91 Å². The molecule has 3 rings (SSSR count). The van der Waals surface area contributed by atoms with Crippen LogP contribution in [-0.4, -0.2) is 29.9 Å². The SMILES string of the molecule is Cc1ccc(CNC(=O)C2(C)CCCN(C(=O)Nc3ccc(Br)cc3F)C2)cc1. The largest absolute Gasteiger partial charge is 0.351 e. The molecule has 0 bridgehead atoms. The molecule has 2 N–H and O–H groups in total. The number of carbonyl (C=O) groups excluding carboxylic acids is 2. The number of aryl methyl sites for hydroxylation is 1. The van der Waals surface area contributed by atoms with Gasteiger partial charge in [0.15, 0.2) is 0 Å². The Labute approximate surface area is 178 Å². The average molecular weight is 462 g/mol. The molecule has 0 aromatic heterocycles. The van der Waals surface area contributed by atoms with Gasteiger partial charge in [-0.3, -0.25) is 4.79 Å². The second-order valence-corrected chi connectivity index (χ2v) is 8.72. The second kappa shape index (κ2) is 8.95. The number of halogens is 2. The first-order valence-electron chi connectivity index (χ1n) is 9.62. The molecule has 2 aromatic rings. The maximum absolute atomic E-state index is 14.0. The number of carbonyl (C=O) groups is 2. The Kier molecular flexibility index (Phi) is 6.57. The first kappa shape index (κ1) is 21.3. The number of rotatable bonds is 4. The molecule has 3 amide bonds. The Morgan fingerprint density at radius 1 is 1.21 bits per heavy atom. The van der Waals surface area contributed by atoms with Crippen molar-refractivity contribution in [1.82, 2.24) is 10.2 Å². The molecule has 5 nitrogen and oxygen atoms in total. The lowest BCUT2D eigenvalue weighted by molar-refractivity contribution is -0.132. The smallest absolute Gasteiger partial charge is 0.321 e. The van der Waals surface area contributed by atoms with Gasteiger partial charge < -0.3 is 15.5 Å². The summed E-state index contributed by atoms with van der Waals surface area (Å²) in [7, 11) is 0. The summed E-state index contributed by atoms with van der Waals surface area (Å²) in [5.41, 5.74) is 1.64. The second-order valence-electron chi connectivity index (χ2n) is 7.81. The van der Waals surface area contributed by atoms with Crippen LogP contribution in [0.1, 0.15) is 30.9 Å². The van der Waals surface area contributed by atoms with Gasteiger partial charge in [0.05, 0.1) is 11.1 Å². The molecule has 2 aromatic carbocycles. The van der Waals surface area contributed by atoms with Crippen LogP contribution in [0.3, 0.4) is 0 Å². The molecular weight excluding hydrogens is 437 g/mol. The number of piperidine rings is 1. The van der Waals surface area contributed by atoms with Crippen LogP contribution in [0.15, 0.2) is 46.9 Å². The summed E-state index contributed by atoms with van der Waals surface area (Å²) in [6, 6.07) is 12.1. The van der Waals surface area contributed by atoms with Gasteiger partial charge in [0.25, 0.3) is 0 Å². The van der Waals surface area contributed by atoms with E-state index in [1.165, 1.54) is 17.7 Å². The lowest BCUT2D eigenvalue weighted by atomic mass is 9.81. The number of benzene rings is 2. The standard InChI is InChI=1S/C22H25BrFN3O2/c1-15-4-6-16(7-5-15)13-25-20(28)22(2)10-3-11-27(14-22)21(29)26-19-9-8-17(23)12-18(19)24/h4-9,12H,3,10-11,13-14H2,1-2H3,(H,25,28)(H,26,29). The Morgan fingerprint density at radius 2 is 1.93 bits per heavy atom. The summed E-state index contributed by atoms with van der Waals surface area (Å²) >= 11 is 3.20. The summed E-state index contributed by atoms with van der Waals surface area (Å²) < 4.78 is 14.6. The van der Waals surface area contributed by atoms with E-state index in [9.17, 15) is 14.0 Å². The van der Waals surface area contributed by atoms with Crippen LogP contribution in [-0.2, 0) is 11.3 Å². The molecule has 1 aliphatic heterocycles. The van der Waals surface area contributed by atoms with Crippen LogP contribution in [0.25, 0.3) is 0 Å². The number of likely N-dealkylation sites (tertiary alicyclic amines) is 1. The predicted octanol–water partition coefficient (Wildman–Crippen LogP) is 4.85. The number of anilines is 1. The summed E-state index contributed by atoms with van der Waals surface area (Å²) in [4.78, 5) is 27.1. The first-order chi connectivity index (χ1) is 13.8. The molecule has 0 aliphatic carbocycles. The van der Waals surface area contributed by atoms with Crippen LogP contribution in [0.5, 0.6) is 0 Å². The molecule has 1 heterocycles. The molecule has 0 saturated carbocycles. The quantitative estimate of drug-likeness (QED) is 0.683. The van der Waals surface area contributed by atoms with E-state index in [1.807, 2.05) is 38.1 Å². The Hall–Kier alpha value is -2.41. The fourth-order valence-corrected chi connectivity index (χ4v) is 3.82. The minimum Gasteiger partial charge on any atom is -0.351 e. The van der Waals surface area contributed by atoms with E-state index in [0.29, 0.717) is 30.4 Å². The molecule has 1 aliphatic rings. The number of nitrogens with one attached hydrogen (secondary N) is 2. The topological polar surface area (TPSA) is 61.4 Å². The lowest BCUT2D eigenvalue weighted by Crippen LogP contribution is -2.52. The monoisotopic (exact) mass is 461 g/mol. The lowest BCUT2D eigenvalue weighted by Gasteiger charge is -2.39. The van der Waals surface area contributed by atoms with Crippen LogP contribution < -0.4 is 10.6 Å². The molecule has 0 spiro atoms. The highest BCUT2D eigenvalue weighted by Gasteiger charge is 2.39. The van der Waals surface area contributed by atoms with Gasteiger partial charge in [-0.2, -0.15) is 0 Å².